The zero-order chi connectivity index (χ0) is 25.0. The minimum absolute atomic E-state index is 0.139. The Bertz CT molecular complexity index is 1180. The van der Waals surface area contributed by atoms with Gasteiger partial charge in [-0.1, -0.05) is 19.9 Å². The fourth-order valence-electron chi connectivity index (χ4n) is 3.94. The first-order valence-electron chi connectivity index (χ1n) is 11.1. The van der Waals surface area contributed by atoms with Crippen LogP contribution in [0.1, 0.15) is 54.8 Å². The van der Waals surface area contributed by atoms with Crippen LogP contribution >= 0.6 is 0 Å². The molecule has 10 heteroatoms. The van der Waals surface area contributed by atoms with E-state index in [1.807, 2.05) is 13.8 Å². The van der Waals surface area contributed by atoms with Crippen molar-refractivity contribution in [1.29, 1.82) is 0 Å². The fourth-order valence-corrected chi connectivity index (χ4v) is 4.86. The summed E-state index contributed by atoms with van der Waals surface area (Å²) in [6.45, 7) is 6.20. The van der Waals surface area contributed by atoms with E-state index in [1.54, 1.807) is 37.3 Å². The van der Waals surface area contributed by atoms with Crippen molar-refractivity contribution in [1.82, 2.24) is 9.88 Å². The zero-order valence-electron chi connectivity index (χ0n) is 20.1. The van der Waals surface area contributed by atoms with Gasteiger partial charge in [-0.2, -0.15) is 0 Å². The number of pyridine rings is 1. The zero-order valence-corrected chi connectivity index (χ0v) is 20.9. The Labute approximate surface area is 200 Å². The number of carbonyl (C=O) groups excluding carboxylic acids is 2. The van der Waals surface area contributed by atoms with Crippen LogP contribution in [0.2, 0.25) is 0 Å². The highest BCUT2D eigenvalue weighted by atomic mass is 32.2. The molecule has 184 valence electrons. The Morgan fingerprint density at radius 1 is 1.24 bits per heavy atom. The fraction of sp³-hybridized carbons (Fsp3) is 0.458. The van der Waals surface area contributed by atoms with Gasteiger partial charge in [-0.3, -0.25) is 9.59 Å². The predicted octanol–water partition coefficient (Wildman–Crippen LogP) is 3.22. The van der Waals surface area contributed by atoms with Gasteiger partial charge in [-0.05, 0) is 37.1 Å². The molecule has 2 amide bonds. The molecule has 0 fully saturated rings. The van der Waals surface area contributed by atoms with Crippen molar-refractivity contribution in [3.63, 3.8) is 0 Å². The predicted molar refractivity (Wildman–Crippen MR) is 129 cm³/mol. The van der Waals surface area contributed by atoms with Crippen molar-refractivity contribution < 1.29 is 27.5 Å². The van der Waals surface area contributed by atoms with E-state index in [4.69, 9.17) is 9.47 Å². The summed E-state index contributed by atoms with van der Waals surface area (Å²) in [4.78, 5) is 31.7. The number of ether oxygens (including phenoxy) is 2. The number of nitrogens with one attached hydrogen (secondary N) is 1. The van der Waals surface area contributed by atoms with Crippen LogP contribution in [0.4, 0.5) is 5.69 Å². The van der Waals surface area contributed by atoms with E-state index in [1.165, 1.54) is 12.0 Å². The number of sulfone groups is 1. The summed E-state index contributed by atoms with van der Waals surface area (Å²) >= 11 is 0. The first kappa shape index (κ1) is 25.5. The van der Waals surface area contributed by atoms with Crippen LogP contribution in [0.15, 0.2) is 30.3 Å². The number of aromatic nitrogens is 1. The number of hydrogen-bond acceptors (Lipinski definition) is 7. The summed E-state index contributed by atoms with van der Waals surface area (Å²) in [7, 11) is -1.99. The van der Waals surface area contributed by atoms with Gasteiger partial charge in [0, 0.05) is 36.0 Å². The lowest BCUT2D eigenvalue weighted by molar-refractivity contribution is -0.116. The molecule has 2 aromatic rings. The maximum absolute atomic E-state index is 13.4. The molecule has 1 aliphatic heterocycles. The second-order valence-electron chi connectivity index (χ2n) is 8.70. The lowest BCUT2D eigenvalue weighted by Gasteiger charge is -2.27. The van der Waals surface area contributed by atoms with E-state index >= 15 is 0 Å². The third-order valence-electron chi connectivity index (χ3n) is 5.39. The molecule has 0 aliphatic carbocycles. The molecule has 1 aromatic heterocycles. The number of rotatable bonds is 10. The highest BCUT2D eigenvalue weighted by Crippen LogP contribution is 2.37. The molecular weight excluding hydrogens is 458 g/mol. The topological polar surface area (TPSA) is 115 Å². The number of methoxy groups -OCH3 is 1. The lowest BCUT2D eigenvalue weighted by Crippen LogP contribution is -2.34. The number of anilines is 1. The maximum atomic E-state index is 13.4. The van der Waals surface area contributed by atoms with Gasteiger partial charge in [-0.15, -0.1) is 0 Å². The molecule has 1 aromatic carbocycles. The molecule has 0 spiro atoms. The molecule has 1 atom stereocenters. The first-order valence-corrected chi connectivity index (χ1v) is 13.2. The third kappa shape index (κ3) is 5.85. The van der Waals surface area contributed by atoms with Gasteiger partial charge < -0.3 is 19.7 Å². The van der Waals surface area contributed by atoms with Crippen LogP contribution in [0, 0.1) is 5.92 Å². The number of nitrogens with zero attached hydrogens (tertiary/aromatic N) is 2. The number of amides is 2. The van der Waals surface area contributed by atoms with E-state index in [2.05, 4.69) is 10.3 Å². The minimum atomic E-state index is -3.48. The Hall–Kier alpha value is -3.14. The minimum Gasteiger partial charge on any atom is -0.491 e. The van der Waals surface area contributed by atoms with E-state index in [9.17, 15) is 18.0 Å². The van der Waals surface area contributed by atoms with Gasteiger partial charge in [0.2, 0.25) is 5.91 Å². The number of benzene rings is 1. The maximum Gasteiger partial charge on any atom is 0.257 e. The third-order valence-corrected chi connectivity index (χ3v) is 6.31. The largest absolute Gasteiger partial charge is 0.491 e. The highest BCUT2D eigenvalue weighted by Gasteiger charge is 2.37. The Morgan fingerprint density at radius 2 is 1.97 bits per heavy atom. The van der Waals surface area contributed by atoms with Crippen molar-refractivity contribution in [3.05, 3.63) is 47.2 Å². The van der Waals surface area contributed by atoms with Crippen LogP contribution in [-0.2, 0) is 21.2 Å². The number of carbonyl (C=O) groups is 2. The molecule has 34 heavy (non-hydrogen) atoms. The Morgan fingerprint density at radius 3 is 2.59 bits per heavy atom. The van der Waals surface area contributed by atoms with Crippen molar-refractivity contribution in [2.24, 2.45) is 5.92 Å². The summed E-state index contributed by atoms with van der Waals surface area (Å²) < 4.78 is 35.5. The molecule has 9 nitrogen and oxygen atoms in total. The van der Waals surface area contributed by atoms with E-state index in [-0.39, 0.29) is 35.9 Å². The Kier molecular flexibility index (Phi) is 7.81. The van der Waals surface area contributed by atoms with Gasteiger partial charge in [0.05, 0.1) is 31.2 Å². The standard InChI is InChI=1S/C24H31N3O6S/c1-6-33-23-21(32-4)11-10-19(26-23)20(14-34(5,30)31)27-13-17-16(24(27)29)8-7-9-18(17)25-22(28)12-15(2)3/h7-11,15,20H,6,12-14H2,1-5H3,(H,25,28)/t20-/m0/s1. The van der Waals surface area contributed by atoms with Crippen molar-refractivity contribution in [2.45, 2.75) is 39.8 Å². The lowest BCUT2D eigenvalue weighted by atomic mass is 10.1. The molecule has 0 saturated carbocycles. The van der Waals surface area contributed by atoms with Crippen LogP contribution in [-0.4, -0.2) is 55.8 Å². The van der Waals surface area contributed by atoms with Crippen LogP contribution in [0.5, 0.6) is 11.6 Å². The summed E-state index contributed by atoms with van der Waals surface area (Å²) in [5.74, 6) is 0.0582. The highest BCUT2D eigenvalue weighted by molar-refractivity contribution is 7.90. The van der Waals surface area contributed by atoms with Gasteiger partial charge in [0.15, 0.2) is 5.75 Å². The average molecular weight is 490 g/mol. The van der Waals surface area contributed by atoms with E-state index < -0.39 is 15.9 Å². The second kappa shape index (κ2) is 10.4. The van der Waals surface area contributed by atoms with Crippen molar-refractivity contribution in [3.8, 4) is 11.6 Å². The number of hydrogen-bond donors (Lipinski definition) is 1. The smallest absolute Gasteiger partial charge is 0.257 e. The summed E-state index contributed by atoms with van der Waals surface area (Å²) in [6.07, 6.45) is 1.48. The molecule has 2 heterocycles. The summed E-state index contributed by atoms with van der Waals surface area (Å²) in [6, 6.07) is 7.57. The molecule has 0 saturated heterocycles. The summed E-state index contributed by atoms with van der Waals surface area (Å²) in [5, 5.41) is 2.89. The monoisotopic (exact) mass is 489 g/mol. The van der Waals surface area contributed by atoms with Gasteiger partial charge >= 0.3 is 0 Å². The molecule has 0 radical (unpaired) electrons. The van der Waals surface area contributed by atoms with Gasteiger partial charge in [0.1, 0.15) is 9.84 Å². The number of fused-ring (bicyclic) bond motifs is 1. The van der Waals surface area contributed by atoms with Crippen LogP contribution in [0.25, 0.3) is 0 Å². The van der Waals surface area contributed by atoms with Gasteiger partial charge in [0.25, 0.3) is 11.8 Å². The molecule has 0 unspecified atom stereocenters. The normalized spacial score (nSPS) is 14.2. The SMILES string of the molecule is CCOc1nc([C@H](CS(C)(=O)=O)N2Cc3c(NC(=O)CC(C)C)cccc3C2=O)ccc1OC. The van der Waals surface area contributed by atoms with E-state index in [0.29, 0.717) is 41.3 Å². The van der Waals surface area contributed by atoms with Gasteiger partial charge in [-0.25, -0.2) is 13.4 Å². The van der Waals surface area contributed by atoms with Crippen molar-refractivity contribution >= 4 is 27.3 Å². The average Bonchev–Trinajstić information content (AvgIpc) is 3.08. The van der Waals surface area contributed by atoms with Crippen LogP contribution in [0.3, 0.4) is 0 Å². The second-order valence-corrected chi connectivity index (χ2v) is 10.9. The molecule has 3 rings (SSSR count). The first-order chi connectivity index (χ1) is 16.0. The molecule has 1 N–H and O–H groups in total. The summed E-state index contributed by atoms with van der Waals surface area (Å²) in [5.41, 5.74) is 2.01. The molecule has 1 aliphatic rings. The van der Waals surface area contributed by atoms with Crippen LogP contribution < -0.4 is 14.8 Å². The van der Waals surface area contributed by atoms with E-state index in [0.717, 1.165) is 6.26 Å². The van der Waals surface area contributed by atoms with Crippen molar-refractivity contribution in [2.75, 3.05) is 31.0 Å². The quantitative estimate of drug-likeness (QED) is 0.545. The molecular formula is C24H31N3O6S. The Balaban J connectivity index is 2.00. The molecule has 0 bridgehead atoms.